The highest BCUT2D eigenvalue weighted by molar-refractivity contribution is 5.83. The highest BCUT2D eigenvalue weighted by Gasteiger charge is 2.31. The third-order valence-corrected chi connectivity index (χ3v) is 2.54. The van der Waals surface area contributed by atoms with Crippen molar-refractivity contribution in [1.29, 1.82) is 0 Å². The molecule has 0 saturated heterocycles. The zero-order valence-electron chi connectivity index (χ0n) is 11.2. The average Bonchev–Trinajstić information content (AvgIpc) is 2.14. The summed E-state index contributed by atoms with van der Waals surface area (Å²) in [5.41, 5.74) is -0.511. The first-order valence-electron chi connectivity index (χ1n) is 5.73. The third-order valence-electron chi connectivity index (χ3n) is 2.54. The van der Waals surface area contributed by atoms with Crippen LogP contribution in [0.4, 0.5) is 0 Å². The molecule has 0 aliphatic rings. The molecular weight excluding hydrogens is 204 g/mol. The van der Waals surface area contributed by atoms with Crippen LogP contribution in [0.15, 0.2) is 0 Å². The van der Waals surface area contributed by atoms with Crippen molar-refractivity contribution in [3.63, 3.8) is 0 Å². The molecule has 0 bridgehead atoms. The van der Waals surface area contributed by atoms with Crippen LogP contribution >= 0.6 is 0 Å². The van der Waals surface area contributed by atoms with E-state index >= 15 is 0 Å². The summed E-state index contributed by atoms with van der Waals surface area (Å²) in [5.74, 6) is -0.182. The summed E-state index contributed by atoms with van der Waals surface area (Å²) in [5, 5.41) is 5.47. The van der Waals surface area contributed by atoms with E-state index in [0.29, 0.717) is 6.42 Å². The van der Waals surface area contributed by atoms with Gasteiger partial charge in [0.15, 0.2) is 0 Å². The SMILES string of the molecule is CNC(=O)C(C)(C)CC(C)C(=O)NC(C)C. The molecule has 0 aliphatic carbocycles. The molecule has 2 N–H and O–H groups in total. The van der Waals surface area contributed by atoms with Crippen LogP contribution in [0.1, 0.15) is 41.0 Å². The molecule has 0 saturated carbocycles. The van der Waals surface area contributed by atoms with Crippen molar-refractivity contribution in [2.75, 3.05) is 7.05 Å². The van der Waals surface area contributed by atoms with Crippen molar-refractivity contribution >= 4 is 11.8 Å². The fraction of sp³-hybridized carbons (Fsp3) is 0.833. The lowest BCUT2D eigenvalue weighted by Gasteiger charge is -2.26. The van der Waals surface area contributed by atoms with Gasteiger partial charge in [0, 0.05) is 24.4 Å². The van der Waals surface area contributed by atoms with Gasteiger partial charge in [0.2, 0.25) is 11.8 Å². The van der Waals surface area contributed by atoms with E-state index in [1.807, 2.05) is 34.6 Å². The topological polar surface area (TPSA) is 58.2 Å². The second kappa shape index (κ2) is 5.87. The zero-order valence-corrected chi connectivity index (χ0v) is 11.2. The highest BCUT2D eigenvalue weighted by atomic mass is 16.2. The monoisotopic (exact) mass is 228 g/mol. The number of nitrogens with one attached hydrogen (secondary N) is 2. The van der Waals surface area contributed by atoms with Crippen LogP contribution in [0.25, 0.3) is 0 Å². The van der Waals surface area contributed by atoms with Crippen LogP contribution in [0.2, 0.25) is 0 Å². The van der Waals surface area contributed by atoms with E-state index in [2.05, 4.69) is 10.6 Å². The standard InChI is InChI=1S/C12H24N2O2/c1-8(2)14-10(15)9(3)7-12(4,5)11(16)13-6/h8-9H,7H2,1-6H3,(H,13,16)(H,14,15). The number of carbonyl (C=O) groups excluding carboxylic acids is 2. The zero-order chi connectivity index (χ0) is 12.9. The summed E-state index contributed by atoms with van der Waals surface area (Å²) in [4.78, 5) is 23.3. The Labute approximate surface area is 98.2 Å². The number of hydrogen-bond donors (Lipinski definition) is 2. The largest absolute Gasteiger partial charge is 0.359 e. The van der Waals surface area contributed by atoms with Gasteiger partial charge in [-0.25, -0.2) is 0 Å². The second-order valence-corrected chi connectivity index (χ2v) is 5.23. The van der Waals surface area contributed by atoms with Crippen molar-refractivity contribution in [1.82, 2.24) is 10.6 Å². The Hall–Kier alpha value is -1.06. The molecule has 0 aromatic carbocycles. The van der Waals surface area contributed by atoms with Gasteiger partial charge in [-0.2, -0.15) is 0 Å². The minimum absolute atomic E-state index is 0.00646. The number of carbonyl (C=O) groups is 2. The first-order chi connectivity index (χ1) is 7.20. The minimum atomic E-state index is -0.511. The first-order valence-corrected chi connectivity index (χ1v) is 5.73. The van der Waals surface area contributed by atoms with Gasteiger partial charge >= 0.3 is 0 Å². The molecule has 0 aliphatic heterocycles. The molecule has 1 atom stereocenters. The summed E-state index contributed by atoms with van der Waals surface area (Å²) in [6.07, 6.45) is 0.547. The van der Waals surface area contributed by atoms with Gasteiger partial charge < -0.3 is 10.6 Å². The quantitative estimate of drug-likeness (QED) is 0.745. The summed E-state index contributed by atoms with van der Waals surface area (Å²) in [7, 11) is 1.61. The molecule has 0 spiro atoms. The maximum atomic E-state index is 11.7. The number of hydrogen-bond acceptors (Lipinski definition) is 2. The molecule has 4 nitrogen and oxygen atoms in total. The Bertz CT molecular complexity index is 260. The van der Waals surface area contributed by atoms with Crippen LogP contribution in [-0.2, 0) is 9.59 Å². The maximum absolute atomic E-state index is 11.7. The van der Waals surface area contributed by atoms with E-state index < -0.39 is 5.41 Å². The highest BCUT2D eigenvalue weighted by Crippen LogP contribution is 2.25. The first kappa shape index (κ1) is 14.9. The van der Waals surface area contributed by atoms with Crippen LogP contribution in [-0.4, -0.2) is 24.9 Å². The van der Waals surface area contributed by atoms with Crippen LogP contribution in [0.5, 0.6) is 0 Å². The molecule has 2 amide bonds. The van der Waals surface area contributed by atoms with Crippen molar-refractivity contribution in [2.45, 2.75) is 47.1 Å². The predicted molar refractivity (Wildman–Crippen MR) is 64.9 cm³/mol. The fourth-order valence-corrected chi connectivity index (χ4v) is 1.72. The molecule has 1 unspecified atom stereocenters. The van der Waals surface area contributed by atoms with Gasteiger partial charge in [-0.3, -0.25) is 9.59 Å². The molecule has 16 heavy (non-hydrogen) atoms. The Morgan fingerprint density at radius 2 is 1.69 bits per heavy atom. The third kappa shape index (κ3) is 4.64. The van der Waals surface area contributed by atoms with E-state index in [9.17, 15) is 9.59 Å². The molecule has 0 rings (SSSR count). The maximum Gasteiger partial charge on any atom is 0.225 e. The normalized spacial score (nSPS) is 13.4. The van der Waals surface area contributed by atoms with Gasteiger partial charge in [0.05, 0.1) is 0 Å². The van der Waals surface area contributed by atoms with Crippen molar-refractivity contribution in [3.8, 4) is 0 Å². The van der Waals surface area contributed by atoms with Gasteiger partial charge in [-0.1, -0.05) is 20.8 Å². The van der Waals surface area contributed by atoms with Crippen molar-refractivity contribution in [3.05, 3.63) is 0 Å². The summed E-state index contributed by atoms with van der Waals surface area (Å²) < 4.78 is 0. The van der Waals surface area contributed by atoms with Crippen LogP contribution in [0, 0.1) is 11.3 Å². The van der Waals surface area contributed by atoms with E-state index in [-0.39, 0.29) is 23.8 Å². The Balaban J connectivity index is 4.38. The molecule has 0 radical (unpaired) electrons. The van der Waals surface area contributed by atoms with Crippen LogP contribution in [0.3, 0.4) is 0 Å². The molecule has 0 heterocycles. The number of amides is 2. The fourth-order valence-electron chi connectivity index (χ4n) is 1.72. The van der Waals surface area contributed by atoms with Gasteiger partial charge in [-0.15, -0.1) is 0 Å². The molecule has 94 valence electrons. The second-order valence-electron chi connectivity index (χ2n) is 5.23. The van der Waals surface area contributed by atoms with E-state index in [4.69, 9.17) is 0 Å². The van der Waals surface area contributed by atoms with Crippen molar-refractivity contribution < 1.29 is 9.59 Å². The average molecular weight is 228 g/mol. The van der Waals surface area contributed by atoms with Crippen LogP contribution < -0.4 is 10.6 Å². The smallest absolute Gasteiger partial charge is 0.225 e. The summed E-state index contributed by atoms with van der Waals surface area (Å²) in [6, 6.07) is 0.137. The Morgan fingerprint density at radius 3 is 2.06 bits per heavy atom. The Kier molecular flexibility index (Phi) is 5.48. The predicted octanol–water partition coefficient (Wildman–Crippen LogP) is 1.31. The lowest BCUT2D eigenvalue weighted by atomic mass is 9.82. The lowest BCUT2D eigenvalue weighted by Crippen LogP contribution is -2.40. The van der Waals surface area contributed by atoms with Gasteiger partial charge in [-0.05, 0) is 20.3 Å². The molecular formula is C12H24N2O2. The lowest BCUT2D eigenvalue weighted by molar-refractivity contribution is -0.131. The van der Waals surface area contributed by atoms with Gasteiger partial charge in [0.1, 0.15) is 0 Å². The van der Waals surface area contributed by atoms with E-state index in [0.717, 1.165) is 0 Å². The summed E-state index contributed by atoms with van der Waals surface area (Å²) >= 11 is 0. The van der Waals surface area contributed by atoms with Crippen molar-refractivity contribution in [2.24, 2.45) is 11.3 Å². The molecule has 0 aromatic rings. The molecule has 0 fully saturated rings. The molecule has 0 aromatic heterocycles. The minimum Gasteiger partial charge on any atom is -0.359 e. The summed E-state index contributed by atoms with van der Waals surface area (Å²) in [6.45, 7) is 9.40. The number of rotatable bonds is 5. The van der Waals surface area contributed by atoms with Gasteiger partial charge in [0.25, 0.3) is 0 Å². The van der Waals surface area contributed by atoms with E-state index in [1.165, 1.54) is 0 Å². The molecule has 4 heteroatoms. The van der Waals surface area contributed by atoms with E-state index in [1.54, 1.807) is 7.05 Å². The Morgan fingerprint density at radius 1 is 1.19 bits per heavy atom.